The number of ketones is 1. The van der Waals surface area contributed by atoms with E-state index < -0.39 is 12.1 Å². The van der Waals surface area contributed by atoms with Gasteiger partial charge in [0, 0.05) is 6.42 Å². The van der Waals surface area contributed by atoms with Crippen LogP contribution in [0.3, 0.4) is 0 Å². The molecular formula is C13H15ClO4. The van der Waals surface area contributed by atoms with E-state index in [2.05, 4.69) is 0 Å². The Balaban J connectivity index is 3.15. The van der Waals surface area contributed by atoms with Crippen LogP contribution in [-0.4, -0.2) is 27.8 Å². The van der Waals surface area contributed by atoms with Crippen molar-refractivity contribution in [2.75, 3.05) is 5.88 Å². The van der Waals surface area contributed by atoms with Gasteiger partial charge in [0.15, 0.2) is 11.9 Å². The number of carboxylic acid groups (broad SMARTS) is 1. The number of Topliss-reactive ketones (excluding diaryl/α,β-unsaturated/α-hetero) is 1. The number of carboxylic acids is 1. The zero-order valence-electron chi connectivity index (χ0n) is 10.0. The maximum Gasteiger partial charge on any atom is 0.337 e. The highest BCUT2D eigenvalue weighted by atomic mass is 35.5. The molecule has 5 heteroatoms. The third-order valence-corrected chi connectivity index (χ3v) is 2.98. The number of carbonyl (C=O) groups is 2. The van der Waals surface area contributed by atoms with Gasteiger partial charge in [-0.05, 0) is 23.1 Å². The lowest BCUT2D eigenvalue weighted by atomic mass is 9.95. The summed E-state index contributed by atoms with van der Waals surface area (Å²) in [5, 5.41) is 18.5. The van der Waals surface area contributed by atoms with E-state index in [1.165, 1.54) is 0 Å². The van der Waals surface area contributed by atoms with Gasteiger partial charge in [0.25, 0.3) is 0 Å². The summed E-state index contributed by atoms with van der Waals surface area (Å²) in [4.78, 5) is 22.2. The van der Waals surface area contributed by atoms with Crippen LogP contribution < -0.4 is 0 Å². The lowest BCUT2D eigenvalue weighted by Crippen LogP contribution is -2.15. The number of hydrogen-bond donors (Lipinski definition) is 2. The Morgan fingerprint density at radius 2 is 2.06 bits per heavy atom. The molecule has 0 aliphatic heterocycles. The minimum atomic E-state index is -1.62. The number of rotatable bonds is 6. The van der Waals surface area contributed by atoms with Crippen LogP contribution in [0.4, 0.5) is 0 Å². The van der Waals surface area contributed by atoms with Crippen molar-refractivity contribution in [1.82, 2.24) is 0 Å². The number of aliphatic hydroxyl groups is 1. The van der Waals surface area contributed by atoms with Gasteiger partial charge in [-0.1, -0.05) is 25.1 Å². The molecule has 0 aliphatic carbocycles. The van der Waals surface area contributed by atoms with Crippen LogP contribution in [0.2, 0.25) is 0 Å². The quantitative estimate of drug-likeness (QED) is 0.772. The van der Waals surface area contributed by atoms with E-state index >= 15 is 0 Å². The molecule has 0 saturated carbocycles. The first-order valence-electron chi connectivity index (χ1n) is 5.59. The average molecular weight is 271 g/mol. The molecule has 98 valence electrons. The van der Waals surface area contributed by atoms with E-state index in [1.807, 2.05) is 13.0 Å². The minimum absolute atomic E-state index is 0.0349. The van der Waals surface area contributed by atoms with Gasteiger partial charge < -0.3 is 10.2 Å². The Morgan fingerprint density at radius 1 is 1.39 bits per heavy atom. The molecule has 1 atom stereocenters. The number of hydrogen-bond acceptors (Lipinski definition) is 3. The standard InChI is InChI=1S/C13H15ClO4/c1-2-8-3-4-9(6-10(15)7-14)11(5-8)12(16)13(17)18/h3-5,12,16H,2,6-7H2,1H3,(H,17,18). The minimum Gasteiger partial charge on any atom is -0.479 e. The number of aliphatic carboxylic acids is 1. The highest BCUT2D eigenvalue weighted by molar-refractivity contribution is 6.27. The van der Waals surface area contributed by atoms with Crippen LogP contribution in [0.1, 0.15) is 29.7 Å². The highest BCUT2D eigenvalue weighted by Crippen LogP contribution is 2.21. The van der Waals surface area contributed by atoms with Crippen LogP contribution in [0.25, 0.3) is 0 Å². The first kappa shape index (κ1) is 14.7. The molecule has 0 aromatic heterocycles. The number of aryl methyl sites for hydroxylation is 1. The number of benzene rings is 1. The molecule has 1 rings (SSSR count). The van der Waals surface area contributed by atoms with Crippen LogP contribution in [0.15, 0.2) is 18.2 Å². The summed E-state index contributed by atoms with van der Waals surface area (Å²) in [6.45, 7) is 1.93. The SMILES string of the molecule is CCc1ccc(CC(=O)CCl)c(C(O)C(=O)O)c1. The van der Waals surface area contributed by atoms with Gasteiger partial charge in [-0.15, -0.1) is 11.6 Å². The second-order valence-corrected chi connectivity index (χ2v) is 4.24. The maximum absolute atomic E-state index is 11.3. The van der Waals surface area contributed by atoms with Gasteiger partial charge >= 0.3 is 5.97 Å². The fourth-order valence-corrected chi connectivity index (χ4v) is 1.77. The first-order chi connectivity index (χ1) is 8.49. The van der Waals surface area contributed by atoms with Crippen molar-refractivity contribution < 1.29 is 19.8 Å². The Kier molecular flexibility index (Phi) is 5.31. The summed E-state index contributed by atoms with van der Waals surface area (Å²) in [7, 11) is 0. The fraction of sp³-hybridized carbons (Fsp3) is 0.385. The molecular weight excluding hydrogens is 256 g/mol. The maximum atomic E-state index is 11.3. The molecule has 4 nitrogen and oxygen atoms in total. The number of alkyl halides is 1. The number of carbonyl (C=O) groups excluding carboxylic acids is 1. The molecule has 1 aromatic rings. The zero-order valence-corrected chi connectivity index (χ0v) is 10.8. The van der Waals surface area contributed by atoms with Crippen molar-refractivity contribution >= 4 is 23.4 Å². The smallest absolute Gasteiger partial charge is 0.337 e. The molecule has 0 saturated heterocycles. The zero-order chi connectivity index (χ0) is 13.7. The van der Waals surface area contributed by atoms with E-state index in [-0.39, 0.29) is 23.6 Å². The number of halogens is 1. The molecule has 0 heterocycles. The third-order valence-electron chi connectivity index (χ3n) is 2.68. The summed E-state index contributed by atoms with van der Waals surface area (Å²) in [5.41, 5.74) is 1.68. The van der Waals surface area contributed by atoms with E-state index in [1.54, 1.807) is 12.1 Å². The normalized spacial score (nSPS) is 12.2. The van der Waals surface area contributed by atoms with Gasteiger partial charge in [0.1, 0.15) is 0 Å². The molecule has 1 aromatic carbocycles. The molecule has 0 spiro atoms. The van der Waals surface area contributed by atoms with Gasteiger partial charge in [0.2, 0.25) is 0 Å². The number of aliphatic hydroxyl groups excluding tert-OH is 1. The predicted octanol–water partition coefficient (Wildman–Crippen LogP) is 1.72. The van der Waals surface area contributed by atoms with E-state index in [4.69, 9.17) is 16.7 Å². The second-order valence-electron chi connectivity index (χ2n) is 3.98. The highest BCUT2D eigenvalue weighted by Gasteiger charge is 2.20. The van der Waals surface area contributed by atoms with Gasteiger partial charge in [-0.3, -0.25) is 4.79 Å². The van der Waals surface area contributed by atoms with Gasteiger partial charge in [0.05, 0.1) is 5.88 Å². The summed E-state index contributed by atoms with van der Waals surface area (Å²) in [6, 6.07) is 5.11. The summed E-state index contributed by atoms with van der Waals surface area (Å²) in [5.74, 6) is -1.67. The van der Waals surface area contributed by atoms with E-state index in [0.29, 0.717) is 5.56 Å². The Morgan fingerprint density at radius 3 is 2.56 bits per heavy atom. The van der Waals surface area contributed by atoms with Crippen LogP contribution in [-0.2, 0) is 22.4 Å². The van der Waals surface area contributed by atoms with Gasteiger partial charge in [-0.2, -0.15) is 0 Å². The fourth-order valence-electron chi connectivity index (χ4n) is 1.67. The van der Waals surface area contributed by atoms with E-state index in [0.717, 1.165) is 12.0 Å². The average Bonchev–Trinajstić information content (AvgIpc) is 2.38. The topological polar surface area (TPSA) is 74.6 Å². The van der Waals surface area contributed by atoms with Crippen LogP contribution in [0, 0.1) is 0 Å². The molecule has 2 N–H and O–H groups in total. The predicted molar refractivity (Wildman–Crippen MR) is 67.8 cm³/mol. The lowest BCUT2D eigenvalue weighted by molar-refractivity contribution is -0.147. The summed E-state index contributed by atoms with van der Waals surface area (Å²) < 4.78 is 0. The van der Waals surface area contributed by atoms with Crippen molar-refractivity contribution in [3.63, 3.8) is 0 Å². The summed E-state index contributed by atoms with van der Waals surface area (Å²) >= 11 is 5.43. The molecule has 0 radical (unpaired) electrons. The molecule has 0 aliphatic rings. The first-order valence-corrected chi connectivity index (χ1v) is 6.13. The van der Waals surface area contributed by atoms with Crippen molar-refractivity contribution in [1.29, 1.82) is 0 Å². The molecule has 18 heavy (non-hydrogen) atoms. The van der Waals surface area contributed by atoms with Crippen LogP contribution in [0.5, 0.6) is 0 Å². The molecule has 1 unspecified atom stereocenters. The summed E-state index contributed by atoms with van der Waals surface area (Å²) in [6.07, 6.45) is -0.856. The van der Waals surface area contributed by atoms with Gasteiger partial charge in [-0.25, -0.2) is 4.79 Å². The lowest BCUT2D eigenvalue weighted by Gasteiger charge is -2.13. The third kappa shape index (κ3) is 3.55. The molecule has 0 amide bonds. The largest absolute Gasteiger partial charge is 0.479 e. The monoisotopic (exact) mass is 270 g/mol. The van der Waals surface area contributed by atoms with Crippen LogP contribution >= 0.6 is 11.6 Å². The van der Waals surface area contributed by atoms with E-state index in [9.17, 15) is 14.7 Å². The van der Waals surface area contributed by atoms with Crippen molar-refractivity contribution in [2.45, 2.75) is 25.9 Å². The van der Waals surface area contributed by atoms with Crippen molar-refractivity contribution in [3.8, 4) is 0 Å². The van der Waals surface area contributed by atoms with Crippen molar-refractivity contribution in [2.24, 2.45) is 0 Å². The molecule has 0 bridgehead atoms. The molecule has 0 fully saturated rings. The van der Waals surface area contributed by atoms with Crippen molar-refractivity contribution in [3.05, 3.63) is 34.9 Å². The Labute approximate surface area is 110 Å². The Hall–Kier alpha value is -1.39. The second kappa shape index (κ2) is 6.52. The Bertz CT molecular complexity index is 456.